The van der Waals surface area contributed by atoms with Crippen molar-refractivity contribution in [3.05, 3.63) is 35.6 Å². The number of carbonyl (C=O) groups is 2. The number of benzene rings is 1. The smallest absolute Gasteiger partial charge is 0.323 e. The highest BCUT2D eigenvalue weighted by atomic mass is 19.1. The Kier molecular flexibility index (Phi) is 3.43. The molecule has 21 heavy (non-hydrogen) atoms. The van der Waals surface area contributed by atoms with Crippen molar-refractivity contribution in [3.8, 4) is 0 Å². The second-order valence-electron chi connectivity index (χ2n) is 6.03. The highest BCUT2D eigenvalue weighted by Crippen LogP contribution is 2.38. The molecule has 3 amide bonds. The summed E-state index contributed by atoms with van der Waals surface area (Å²) in [6.07, 6.45) is 3.62. The summed E-state index contributed by atoms with van der Waals surface area (Å²) in [5.41, 5.74) is -0.415. The zero-order chi connectivity index (χ0) is 15.0. The minimum atomic E-state index is -0.777. The predicted molar refractivity (Wildman–Crippen MR) is 75.8 cm³/mol. The number of urea groups is 1. The number of carbonyl (C=O) groups excluding carboxylic acids is 2. The first kappa shape index (κ1) is 14.0. The summed E-state index contributed by atoms with van der Waals surface area (Å²) in [6, 6.07) is 5.83. The minimum absolute atomic E-state index is 0.00813. The van der Waals surface area contributed by atoms with Gasteiger partial charge in [-0.05, 0) is 24.8 Å². The minimum Gasteiger partial charge on any atom is -0.323 e. The molecule has 112 valence electrons. The fourth-order valence-electron chi connectivity index (χ4n) is 3.44. The van der Waals surface area contributed by atoms with Crippen LogP contribution in [0.1, 0.15) is 38.2 Å². The molecule has 2 fully saturated rings. The van der Waals surface area contributed by atoms with Gasteiger partial charge in [-0.25, -0.2) is 9.18 Å². The van der Waals surface area contributed by atoms with Crippen molar-refractivity contribution in [2.45, 2.75) is 44.7 Å². The summed E-state index contributed by atoms with van der Waals surface area (Å²) in [7, 11) is 0. The van der Waals surface area contributed by atoms with E-state index in [4.69, 9.17) is 0 Å². The van der Waals surface area contributed by atoms with E-state index in [1.54, 1.807) is 18.2 Å². The molecule has 1 unspecified atom stereocenters. The Morgan fingerprint density at radius 3 is 2.81 bits per heavy atom. The van der Waals surface area contributed by atoms with Gasteiger partial charge in [0, 0.05) is 5.56 Å². The lowest BCUT2D eigenvalue weighted by Gasteiger charge is -2.36. The molecule has 5 heteroatoms. The SMILES string of the molecule is CC1CCCC[C@]12NC(=O)N(Cc1ccccc1F)C2=O. The topological polar surface area (TPSA) is 49.4 Å². The van der Waals surface area contributed by atoms with Gasteiger partial charge in [-0.1, -0.05) is 38.0 Å². The quantitative estimate of drug-likeness (QED) is 0.851. The van der Waals surface area contributed by atoms with Crippen LogP contribution in [-0.4, -0.2) is 22.4 Å². The standard InChI is InChI=1S/C16H19FN2O2/c1-11-6-4-5-9-16(11)14(20)19(15(21)18-16)10-12-7-2-3-8-13(12)17/h2-3,7-8,11H,4-6,9-10H2,1H3,(H,18,21)/t11?,16-/m0/s1. The Hall–Kier alpha value is -1.91. The summed E-state index contributed by atoms with van der Waals surface area (Å²) in [5, 5.41) is 2.87. The number of imide groups is 1. The third-order valence-corrected chi connectivity index (χ3v) is 4.79. The number of amides is 3. The van der Waals surface area contributed by atoms with Crippen molar-refractivity contribution in [1.29, 1.82) is 0 Å². The molecule has 1 N–H and O–H groups in total. The largest absolute Gasteiger partial charge is 0.325 e. The van der Waals surface area contributed by atoms with Gasteiger partial charge >= 0.3 is 6.03 Å². The Balaban J connectivity index is 1.86. The zero-order valence-corrected chi connectivity index (χ0v) is 12.1. The molecule has 1 aliphatic heterocycles. The molecule has 1 aliphatic carbocycles. The summed E-state index contributed by atoms with van der Waals surface area (Å²) >= 11 is 0. The molecular weight excluding hydrogens is 271 g/mol. The van der Waals surface area contributed by atoms with Crippen molar-refractivity contribution in [1.82, 2.24) is 10.2 Å². The molecule has 1 heterocycles. The molecule has 1 spiro atoms. The van der Waals surface area contributed by atoms with Crippen LogP contribution in [0.2, 0.25) is 0 Å². The van der Waals surface area contributed by atoms with Crippen LogP contribution in [0.3, 0.4) is 0 Å². The van der Waals surface area contributed by atoms with Crippen molar-refractivity contribution >= 4 is 11.9 Å². The van der Waals surface area contributed by atoms with Gasteiger partial charge in [0.1, 0.15) is 11.4 Å². The number of hydrogen-bond donors (Lipinski definition) is 1. The van der Waals surface area contributed by atoms with Crippen LogP contribution < -0.4 is 5.32 Å². The van der Waals surface area contributed by atoms with Crippen molar-refractivity contribution in [2.24, 2.45) is 5.92 Å². The van der Waals surface area contributed by atoms with Crippen molar-refractivity contribution in [3.63, 3.8) is 0 Å². The fourth-order valence-corrected chi connectivity index (χ4v) is 3.44. The van der Waals surface area contributed by atoms with Gasteiger partial charge in [-0.3, -0.25) is 9.69 Å². The summed E-state index contributed by atoms with van der Waals surface area (Å²) in [4.78, 5) is 26.1. The number of rotatable bonds is 2. The van der Waals surface area contributed by atoms with E-state index in [0.717, 1.165) is 24.2 Å². The fraction of sp³-hybridized carbons (Fsp3) is 0.500. The van der Waals surface area contributed by atoms with E-state index < -0.39 is 17.4 Å². The van der Waals surface area contributed by atoms with E-state index in [1.807, 2.05) is 6.92 Å². The maximum absolute atomic E-state index is 13.7. The average molecular weight is 290 g/mol. The van der Waals surface area contributed by atoms with Crippen LogP contribution in [0.25, 0.3) is 0 Å². The van der Waals surface area contributed by atoms with Crippen LogP contribution in [0, 0.1) is 11.7 Å². The van der Waals surface area contributed by atoms with Crippen LogP contribution in [0.5, 0.6) is 0 Å². The Bertz CT molecular complexity index is 589. The predicted octanol–water partition coefficient (Wildman–Crippen LogP) is 2.83. The van der Waals surface area contributed by atoms with Gasteiger partial charge in [0.2, 0.25) is 0 Å². The number of halogens is 1. The highest BCUT2D eigenvalue weighted by Gasteiger charge is 2.54. The molecule has 0 aromatic heterocycles. The molecule has 3 rings (SSSR count). The van der Waals surface area contributed by atoms with Gasteiger partial charge in [-0.15, -0.1) is 0 Å². The molecule has 1 aromatic rings. The number of nitrogens with zero attached hydrogens (tertiary/aromatic N) is 1. The van der Waals surface area contributed by atoms with Gasteiger partial charge in [0.05, 0.1) is 6.54 Å². The third kappa shape index (κ3) is 2.20. The van der Waals surface area contributed by atoms with Crippen LogP contribution in [-0.2, 0) is 11.3 Å². The Morgan fingerprint density at radius 2 is 2.10 bits per heavy atom. The first-order valence-corrected chi connectivity index (χ1v) is 7.42. The third-order valence-electron chi connectivity index (χ3n) is 4.79. The van der Waals surface area contributed by atoms with E-state index in [0.29, 0.717) is 12.0 Å². The van der Waals surface area contributed by atoms with E-state index >= 15 is 0 Å². The molecular formula is C16H19FN2O2. The molecule has 0 radical (unpaired) electrons. The van der Waals surface area contributed by atoms with Gasteiger partial charge < -0.3 is 5.32 Å². The second kappa shape index (κ2) is 5.13. The van der Waals surface area contributed by atoms with Crippen molar-refractivity contribution < 1.29 is 14.0 Å². The van der Waals surface area contributed by atoms with Gasteiger partial charge in [0.25, 0.3) is 5.91 Å². The van der Waals surface area contributed by atoms with Crippen LogP contribution in [0.4, 0.5) is 9.18 Å². The zero-order valence-electron chi connectivity index (χ0n) is 12.1. The van der Waals surface area contributed by atoms with E-state index in [2.05, 4.69) is 5.32 Å². The molecule has 0 bridgehead atoms. The lowest BCUT2D eigenvalue weighted by Crippen LogP contribution is -2.53. The van der Waals surface area contributed by atoms with Crippen LogP contribution in [0.15, 0.2) is 24.3 Å². The average Bonchev–Trinajstić information content (AvgIpc) is 2.70. The maximum Gasteiger partial charge on any atom is 0.325 e. The second-order valence-corrected chi connectivity index (χ2v) is 6.03. The monoisotopic (exact) mass is 290 g/mol. The number of nitrogens with one attached hydrogen (secondary N) is 1. The lowest BCUT2D eigenvalue weighted by molar-refractivity contribution is -0.134. The summed E-state index contributed by atoms with van der Waals surface area (Å²) < 4.78 is 13.7. The first-order valence-electron chi connectivity index (χ1n) is 7.42. The molecule has 1 saturated carbocycles. The number of hydrogen-bond acceptors (Lipinski definition) is 2. The molecule has 1 saturated heterocycles. The van der Waals surface area contributed by atoms with Crippen molar-refractivity contribution in [2.75, 3.05) is 0 Å². The summed E-state index contributed by atoms with van der Waals surface area (Å²) in [6.45, 7) is 2.00. The highest BCUT2D eigenvalue weighted by molar-refractivity contribution is 6.07. The Labute approximate surface area is 123 Å². The van der Waals surface area contributed by atoms with E-state index in [9.17, 15) is 14.0 Å². The van der Waals surface area contributed by atoms with E-state index in [1.165, 1.54) is 6.07 Å². The molecule has 4 nitrogen and oxygen atoms in total. The Morgan fingerprint density at radius 1 is 1.33 bits per heavy atom. The first-order chi connectivity index (χ1) is 10.0. The van der Waals surface area contributed by atoms with Crippen LogP contribution >= 0.6 is 0 Å². The summed E-state index contributed by atoms with van der Waals surface area (Å²) in [5.74, 6) is -0.480. The molecule has 2 atom stereocenters. The molecule has 2 aliphatic rings. The lowest BCUT2D eigenvalue weighted by atomic mass is 9.73. The maximum atomic E-state index is 13.7. The molecule has 1 aromatic carbocycles. The van der Waals surface area contributed by atoms with Gasteiger partial charge in [-0.2, -0.15) is 0 Å². The van der Waals surface area contributed by atoms with Gasteiger partial charge in [0.15, 0.2) is 0 Å². The van der Waals surface area contributed by atoms with E-state index in [-0.39, 0.29) is 18.4 Å². The normalized spacial score (nSPS) is 29.0.